The van der Waals surface area contributed by atoms with E-state index in [9.17, 15) is 8.42 Å². The Labute approximate surface area is 107 Å². The maximum absolute atomic E-state index is 11.0. The van der Waals surface area contributed by atoms with E-state index in [1.807, 2.05) is 0 Å². The summed E-state index contributed by atoms with van der Waals surface area (Å²) >= 11 is 0. The monoisotopic (exact) mass is 270 g/mol. The van der Waals surface area contributed by atoms with E-state index in [-0.39, 0.29) is 0 Å². The smallest absolute Gasteiger partial charge is 0.225 e. The van der Waals surface area contributed by atoms with Crippen molar-refractivity contribution in [3.63, 3.8) is 0 Å². The molecule has 1 aromatic heterocycles. The predicted molar refractivity (Wildman–Crippen MR) is 69.9 cm³/mol. The van der Waals surface area contributed by atoms with Crippen LogP contribution in [0.15, 0.2) is 18.5 Å². The van der Waals surface area contributed by atoms with Crippen molar-refractivity contribution < 1.29 is 8.42 Å². The highest BCUT2D eigenvalue weighted by Crippen LogP contribution is 2.23. The summed E-state index contributed by atoms with van der Waals surface area (Å²) in [6, 6.07) is 2.11. The molecule has 0 spiro atoms. The number of nitrogens with one attached hydrogen (secondary N) is 1. The Kier molecular flexibility index (Phi) is 4.13. The lowest BCUT2D eigenvalue weighted by Gasteiger charge is -2.24. The fourth-order valence-electron chi connectivity index (χ4n) is 2.25. The van der Waals surface area contributed by atoms with Crippen molar-refractivity contribution in [2.24, 2.45) is 0 Å². The maximum atomic E-state index is 11.0. The minimum absolute atomic E-state index is 0.321. The van der Waals surface area contributed by atoms with Gasteiger partial charge in [0.05, 0.1) is 6.26 Å². The predicted octanol–water partition coefficient (Wildman–Crippen LogP) is 0.385. The molecule has 0 saturated carbocycles. The SMILES string of the molecule is CS(=O)(=O)NCC[C@@H]1CCCN1c1ncccn1. The first-order chi connectivity index (χ1) is 8.56. The van der Waals surface area contributed by atoms with Crippen LogP contribution >= 0.6 is 0 Å². The molecule has 7 heteroatoms. The van der Waals surface area contributed by atoms with Crippen LogP contribution in [0.5, 0.6) is 0 Å². The minimum atomic E-state index is -3.10. The molecule has 6 nitrogen and oxygen atoms in total. The van der Waals surface area contributed by atoms with E-state index in [1.54, 1.807) is 18.5 Å². The third-order valence-corrected chi connectivity index (χ3v) is 3.76. The molecule has 100 valence electrons. The van der Waals surface area contributed by atoms with Crippen LogP contribution in [0.4, 0.5) is 5.95 Å². The van der Waals surface area contributed by atoms with Gasteiger partial charge in [-0.1, -0.05) is 0 Å². The highest BCUT2D eigenvalue weighted by atomic mass is 32.2. The van der Waals surface area contributed by atoms with Crippen LogP contribution in [0, 0.1) is 0 Å². The van der Waals surface area contributed by atoms with Gasteiger partial charge in [0, 0.05) is 31.5 Å². The van der Waals surface area contributed by atoms with E-state index in [4.69, 9.17) is 0 Å². The van der Waals surface area contributed by atoms with Crippen molar-refractivity contribution in [3.05, 3.63) is 18.5 Å². The zero-order valence-electron chi connectivity index (χ0n) is 10.4. The van der Waals surface area contributed by atoms with Crippen molar-refractivity contribution in [1.29, 1.82) is 0 Å². The lowest BCUT2D eigenvalue weighted by Crippen LogP contribution is -2.34. The quantitative estimate of drug-likeness (QED) is 0.837. The second kappa shape index (κ2) is 5.62. The minimum Gasteiger partial charge on any atom is -0.338 e. The fraction of sp³-hybridized carbons (Fsp3) is 0.636. The van der Waals surface area contributed by atoms with Crippen LogP contribution in [-0.2, 0) is 10.0 Å². The Bertz CT molecular complexity index is 477. The molecule has 1 aromatic rings. The maximum Gasteiger partial charge on any atom is 0.225 e. The number of nitrogens with zero attached hydrogens (tertiary/aromatic N) is 3. The van der Waals surface area contributed by atoms with Crippen LogP contribution < -0.4 is 9.62 Å². The fourth-order valence-corrected chi connectivity index (χ4v) is 2.74. The summed E-state index contributed by atoms with van der Waals surface area (Å²) in [5, 5.41) is 0. The zero-order chi connectivity index (χ0) is 13.0. The van der Waals surface area contributed by atoms with Gasteiger partial charge in [-0.2, -0.15) is 0 Å². The van der Waals surface area contributed by atoms with Crippen LogP contribution in [0.2, 0.25) is 0 Å². The molecule has 0 bridgehead atoms. The average molecular weight is 270 g/mol. The first kappa shape index (κ1) is 13.2. The molecule has 1 aliphatic heterocycles. The molecule has 1 aliphatic rings. The standard InChI is InChI=1S/C11H18N4O2S/c1-18(16,17)14-8-5-10-4-2-9-15(10)11-12-6-3-7-13-11/h3,6-7,10,14H,2,4-5,8-9H2,1H3/t10-/m0/s1. The number of hydrogen-bond acceptors (Lipinski definition) is 5. The van der Waals surface area contributed by atoms with Crippen molar-refractivity contribution >= 4 is 16.0 Å². The lowest BCUT2D eigenvalue weighted by atomic mass is 10.1. The third kappa shape index (κ3) is 3.64. The van der Waals surface area contributed by atoms with Crippen molar-refractivity contribution in [3.8, 4) is 0 Å². The Morgan fingerprint density at radius 1 is 1.44 bits per heavy atom. The first-order valence-electron chi connectivity index (χ1n) is 6.04. The average Bonchev–Trinajstić information content (AvgIpc) is 2.77. The number of hydrogen-bond donors (Lipinski definition) is 1. The molecule has 2 rings (SSSR count). The highest BCUT2D eigenvalue weighted by molar-refractivity contribution is 7.88. The lowest BCUT2D eigenvalue weighted by molar-refractivity contribution is 0.564. The second-order valence-electron chi connectivity index (χ2n) is 4.49. The number of anilines is 1. The Morgan fingerprint density at radius 3 is 2.83 bits per heavy atom. The van der Waals surface area contributed by atoms with Gasteiger partial charge in [0.1, 0.15) is 0 Å². The van der Waals surface area contributed by atoms with E-state index in [1.165, 1.54) is 6.26 Å². The van der Waals surface area contributed by atoms with Gasteiger partial charge in [-0.15, -0.1) is 0 Å². The van der Waals surface area contributed by atoms with Gasteiger partial charge < -0.3 is 4.90 Å². The van der Waals surface area contributed by atoms with Crippen molar-refractivity contribution in [2.45, 2.75) is 25.3 Å². The molecule has 2 heterocycles. The summed E-state index contributed by atoms with van der Waals surface area (Å²) in [7, 11) is -3.10. The number of aromatic nitrogens is 2. The molecule has 0 aliphatic carbocycles. The molecule has 0 unspecified atom stereocenters. The summed E-state index contributed by atoms with van der Waals surface area (Å²) in [4.78, 5) is 10.6. The van der Waals surface area contributed by atoms with Crippen molar-refractivity contribution in [1.82, 2.24) is 14.7 Å². The second-order valence-corrected chi connectivity index (χ2v) is 6.33. The normalized spacial score (nSPS) is 20.3. The summed E-state index contributed by atoms with van der Waals surface area (Å²) in [6.07, 6.45) is 7.58. The molecule has 1 fully saturated rings. The molecule has 1 atom stereocenters. The van der Waals surface area contributed by atoms with Gasteiger partial charge in [0.15, 0.2) is 0 Å². The first-order valence-corrected chi connectivity index (χ1v) is 7.94. The Balaban J connectivity index is 1.92. The van der Waals surface area contributed by atoms with E-state index >= 15 is 0 Å². The molecular formula is C11H18N4O2S. The van der Waals surface area contributed by atoms with Crippen LogP contribution in [0.25, 0.3) is 0 Å². The summed E-state index contributed by atoms with van der Waals surface area (Å²) < 4.78 is 24.5. The van der Waals surface area contributed by atoms with Gasteiger partial charge in [-0.05, 0) is 25.3 Å². The summed E-state index contributed by atoms with van der Waals surface area (Å²) in [6.45, 7) is 1.40. The van der Waals surface area contributed by atoms with Gasteiger partial charge in [-0.3, -0.25) is 0 Å². The molecule has 0 amide bonds. The molecular weight excluding hydrogens is 252 g/mol. The zero-order valence-corrected chi connectivity index (χ0v) is 11.2. The number of sulfonamides is 1. The van der Waals surface area contributed by atoms with Crippen LogP contribution in [-0.4, -0.2) is 43.8 Å². The van der Waals surface area contributed by atoms with Gasteiger partial charge in [0.2, 0.25) is 16.0 Å². The van der Waals surface area contributed by atoms with Crippen molar-refractivity contribution in [2.75, 3.05) is 24.2 Å². The van der Waals surface area contributed by atoms with Gasteiger partial charge in [0.25, 0.3) is 0 Å². The topological polar surface area (TPSA) is 75.2 Å². The molecule has 0 aromatic carbocycles. The molecule has 18 heavy (non-hydrogen) atoms. The van der Waals surface area contributed by atoms with Gasteiger partial charge >= 0.3 is 0 Å². The van der Waals surface area contributed by atoms with Crippen LogP contribution in [0.3, 0.4) is 0 Å². The largest absolute Gasteiger partial charge is 0.338 e. The van der Waals surface area contributed by atoms with Crippen LogP contribution in [0.1, 0.15) is 19.3 Å². The van der Waals surface area contributed by atoms with E-state index in [0.29, 0.717) is 12.6 Å². The Morgan fingerprint density at radius 2 is 2.17 bits per heavy atom. The molecule has 1 saturated heterocycles. The van der Waals surface area contributed by atoms with E-state index in [2.05, 4.69) is 19.6 Å². The molecule has 0 radical (unpaired) electrons. The van der Waals surface area contributed by atoms with E-state index in [0.717, 1.165) is 31.8 Å². The third-order valence-electron chi connectivity index (χ3n) is 3.03. The summed E-state index contributed by atoms with van der Waals surface area (Å²) in [5.41, 5.74) is 0. The van der Waals surface area contributed by atoms with E-state index < -0.39 is 10.0 Å². The highest BCUT2D eigenvalue weighted by Gasteiger charge is 2.26. The van der Waals surface area contributed by atoms with Gasteiger partial charge in [-0.25, -0.2) is 23.1 Å². The molecule has 1 N–H and O–H groups in total. The summed E-state index contributed by atoms with van der Waals surface area (Å²) in [5.74, 6) is 0.736. The number of rotatable bonds is 5. The Hall–Kier alpha value is -1.21.